The molecule has 3 fully saturated rings. The maximum atomic E-state index is 11.4. The fourth-order valence-electron chi connectivity index (χ4n) is 8.13. The number of fused-ring (bicyclic) bond motifs is 1. The molecule has 5 nitrogen and oxygen atoms in total. The van der Waals surface area contributed by atoms with Crippen molar-refractivity contribution in [2.24, 2.45) is 35.0 Å². The molecule has 0 aliphatic heterocycles. The number of carboxylic acid groups (broad SMARTS) is 2. The topological polar surface area (TPSA) is 94.8 Å². The van der Waals surface area contributed by atoms with Gasteiger partial charge in [0, 0.05) is 19.3 Å². The molecule has 1 unspecified atom stereocenters. The van der Waals surface area contributed by atoms with Crippen LogP contribution in [0, 0.1) is 35.0 Å². The van der Waals surface area contributed by atoms with E-state index in [1.54, 1.807) is 0 Å². The molecule has 3 rings (SSSR count). The molecule has 0 bridgehead atoms. The lowest BCUT2D eigenvalue weighted by Crippen LogP contribution is -2.38. The molecule has 0 aromatic carbocycles. The molecular weight excluding hydrogens is 476 g/mol. The van der Waals surface area contributed by atoms with Gasteiger partial charge in [0.05, 0.1) is 5.60 Å². The Morgan fingerprint density at radius 2 is 1.79 bits per heavy atom. The first kappa shape index (κ1) is 30.7. The number of carboxylic acids is 2. The molecule has 38 heavy (non-hydrogen) atoms. The maximum absolute atomic E-state index is 11.4. The Balaban J connectivity index is 1.79. The minimum absolute atomic E-state index is 0.0181. The highest BCUT2D eigenvalue weighted by molar-refractivity contribution is 5.67. The Morgan fingerprint density at radius 3 is 2.45 bits per heavy atom. The summed E-state index contributed by atoms with van der Waals surface area (Å²) in [4.78, 5) is 22.5. The molecule has 3 N–H and O–H groups in total. The van der Waals surface area contributed by atoms with Crippen LogP contribution in [0.3, 0.4) is 0 Å². The predicted octanol–water partition coefficient (Wildman–Crippen LogP) is 7.94. The molecule has 0 aromatic heterocycles. The lowest BCUT2D eigenvalue weighted by molar-refractivity contribution is -0.138. The van der Waals surface area contributed by atoms with Crippen LogP contribution in [0.1, 0.15) is 118 Å². The van der Waals surface area contributed by atoms with E-state index in [0.29, 0.717) is 30.6 Å². The molecular formula is C33H52O5. The highest BCUT2D eigenvalue weighted by Gasteiger charge is 2.50. The summed E-state index contributed by atoms with van der Waals surface area (Å²) in [6.45, 7) is 13.9. The third kappa shape index (κ3) is 7.61. The Labute approximate surface area is 230 Å². The number of hydrogen-bond acceptors (Lipinski definition) is 3. The average molecular weight is 529 g/mol. The van der Waals surface area contributed by atoms with Crippen LogP contribution in [-0.4, -0.2) is 32.9 Å². The Bertz CT molecular complexity index is 930. The molecule has 0 spiro atoms. The molecule has 214 valence electrons. The number of allylic oxidation sites excluding steroid dienone is 4. The van der Waals surface area contributed by atoms with E-state index in [0.717, 1.165) is 35.3 Å². The first-order chi connectivity index (χ1) is 17.8. The van der Waals surface area contributed by atoms with Crippen LogP contribution in [0.4, 0.5) is 0 Å². The van der Waals surface area contributed by atoms with Gasteiger partial charge in [0.1, 0.15) is 0 Å². The van der Waals surface area contributed by atoms with E-state index in [-0.39, 0.29) is 25.2 Å². The summed E-state index contributed by atoms with van der Waals surface area (Å²) in [6, 6.07) is 0. The van der Waals surface area contributed by atoms with Crippen molar-refractivity contribution in [3.8, 4) is 0 Å². The van der Waals surface area contributed by atoms with Crippen molar-refractivity contribution in [3.63, 3.8) is 0 Å². The zero-order valence-electron chi connectivity index (χ0n) is 24.3. The van der Waals surface area contributed by atoms with Crippen molar-refractivity contribution in [3.05, 3.63) is 35.5 Å². The van der Waals surface area contributed by atoms with Gasteiger partial charge in [-0.3, -0.25) is 9.59 Å². The number of rotatable bonds is 12. The molecule has 0 saturated heterocycles. The van der Waals surface area contributed by atoms with Gasteiger partial charge in [0.15, 0.2) is 0 Å². The third-order valence-corrected chi connectivity index (χ3v) is 10.2. The van der Waals surface area contributed by atoms with Crippen LogP contribution in [0.15, 0.2) is 35.5 Å². The van der Waals surface area contributed by atoms with Crippen molar-refractivity contribution >= 4 is 11.9 Å². The zero-order valence-corrected chi connectivity index (χ0v) is 24.3. The molecule has 0 radical (unpaired) electrons. The average Bonchev–Trinajstić information content (AvgIpc) is 3.19. The van der Waals surface area contributed by atoms with Gasteiger partial charge in [-0.05, 0) is 97.5 Å². The third-order valence-electron chi connectivity index (χ3n) is 10.2. The molecule has 0 heterocycles. The van der Waals surface area contributed by atoms with Crippen molar-refractivity contribution in [1.82, 2.24) is 0 Å². The van der Waals surface area contributed by atoms with Gasteiger partial charge in [-0.2, -0.15) is 0 Å². The van der Waals surface area contributed by atoms with Gasteiger partial charge in [-0.1, -0.05) is 71.3 Å². The van der Waals surface area contributed by atoms with Crippen LogP contribution in [0.5, 0.6) is 0 Å². The highest BCUT2D eigenvalue weighted by atomic mass is 16.4. The summed E-state index contributed by atoms with van der Waals surface area (Å²) in [5.74, 6) is 0.945. The second-order valence-electron chi connectivity index (χ2n) is 13.5. The van der Waals surface area contributed by atoms with E-state index in [1.807, 2.05) is 0 Å². The van der Waals surface area contributed by atoms with Crippen LogP contribution >= 0.6 is 0 Å². The maximum Gasteiger partial charge on any atom is 0.303 e. The number of hydrogen-bond donors (Lipinski definition) is 3. The molecule has 3 aliphatic carbocycles. The molecule has 6 atom stereocenters. The van der Waals surface area contributed by atoms with E-state index in [4.69, 9.17) is 0 Å². The van der Waals surface area contributed by atoms with Gasteiger partial charge < -0.3 is 15.3 Å². The number of aliphatic hydroxyl groups is 1. The van der Waals surface area contributed by atoms with Crippen molar-refractivity contribution < 1.29 is 24.9 Å². The summed E-state index contributed by atoms with van der Waals surface area (Å²) in [6.07, 6.45) is 15.8. The van der Waals surface area contributed by atoms with Crippen LogP contribution in [0.2, 0.25) is 0 Å². The molecule has 0 amide bonds. The minimum atomic E-state index is -1.14. The number of aliphatic carboxylic acids is 2. The van der Waals surface area contributed by atoms with E-state index < -0.39 is 17.5 Å². The first-order valence-electron chi connectivity index (χ1n) is 15.1. The normalized spacial score (nSPS) is 34.6. The van der Waals surface area contributed by atoms with Gasteiger partial charge in [-0.15, -0.1) is 0 Å². The quantitative estimate of drug-likeness (QED) is 0.239. The molecule has 3 saturated carbocycles. The standard InChI is InChI=1S/C33H52O5/c1-22(2)8-6-9-23(3)28-14-15-29-25(10-7-18-32(28,29)5)11-12-26-20-33(38,19-17-31(36)37)21-27(24(26)4)13-16-30(34)35/h11-12,22-23,27-29,38H,4,6-10,13-21H2,1-3,5H3,(H,34,35)(H,36,37)/t23-,27+,28-,29?,32-,33-/m1/s1. The summed E-state index contributed by atoms with van der Waals surface area (Å²) in [5.41, 5.74) is 2.58. The second-order valence-corrected chi connectivity index (χ2v) is 13.5. The lowest BCUT2D eigenvalue weighted by atomic mass is 9.60. The Hall–Kier alpha value is -1.88. The minimum Gasteiger partial charge on any atom is -0.481 e. The largest absolute Gasteiger partial charge is 0.481 e. The van der Waals surface area contributed by atoms with Gasteiger partial charge in [0.2, 0.25) is 0 Å². The zero-order chi connectivity index (χ0) is 28.1. The summed E-state index contributed by atoms with van der Waals surface area (Å²) in [7, 11) is 0. The lowest BCUT2D eigenvalue weighted by Gasteiger charge is -2.44. The van der Waals surface area contributed by atoms with E-state index in [9.17, 15) is 24.9 Å². The van der Waals surface area contributed by atoms with Crippen molar-refractivity contribution in [1.29, 1.82) is 0 Å². The molecule has 3 aliphatic rings. The van der Waals surface area contributed by atoms with Crippen LogP contribution in [-0.2, 0) is 9.59 Å². The van der Waals surface area contributed by atoms with Crippen LogP contribution in [0.25, 0.3) is 0 Å². The summed E-state index contributed by atoms with van der Waals surface area (Å²) >= 11 is 0. The monoisotopic (exact) mass is 528 g/mol. The summed E-state index contributed by atoms with van der Waals surface area (Å²) in [5, 5.41) is 29.8. The molecule has 5 heteroatoms. The predicted molar refractivity (Wildman–Crippen MR) is 153 cm³/mol. The second kappa shape index (κ2) is 13.0. The fraction of sp³-hybridized carbons (Fsp3) is 0.758. The fourth-order valence-corrected chi connectivity index (χ4v) is 8.13. The molecule has 0 aromatic rings. The van der Waals surface area contributed by atoms with Crippen molar-refractivity contribution in [2.75, 3.05) is 0 Å². The first-order valence-corrected chi connectivity index (χ1v) is 15.1. The summed E-state index contributed by atoms with van der Waals surface area (Å²) < 4.78 is 0. The van der Waals surface area contributed by atoms with Gasteiger partial charge >= 0.3 is 11.9 Å². The van der Waals surface area contributed by atoms with Gasteiger partial charge in [-0.25, -0.2) is 0 Å². The van der Waals surface area contributed by atoms with E-state index in [1.165, 1.54) is 50.5 Å². The van der Waals surface area contributed by atoms with E-state index in [2.05, 4.69) is 46.4 Å². The smallest absolute Gasteiger partial charge is 0.303 e. The van der Waals surface area contributed by atoms with Gasteiger partial charge in [0.25, 0.3) is 0 Å². The Morgan fingerprint density at radius 1 is 1.08 bits per heavy atom. The van der Waals surface area contributed by atoms with Crippen molar-refractivity contribution in [2.45, 2.75) is 123 Å². The SMILES string of the molecule is C=C1C(=CC=C2CCC[C@@]3(C)C2CC[C@@H]3[C@H](C)CCCC(C)C)C[C@](O)(CCC(=O)O)C[C@@H]1CCC(=O)O. The highest BCUT2D eigenvalue weighted by Crippen LogP contribution is 2.60. The Kier molecular flexibility index (Phi) is 10.5. The number of carbonyl (C=O) groups is 2. The van der Waals surface area contributed by atoms with Crippen LogP contribution < -0.4 is 0 Å². The van der Waals surface area contributed by atoms with E-state index >= 15 is 0 Å².